The van der Waals surface area contributed by atoms with E-state index < -0.39 is 0 Å². The van der Waals surface area contributed by atoms with Crippen LogP contribution in [0.3, 0.4) is 0 Å². The molecule has 0 unspecified atom stereocenters. The lowest BCUT2D eigenvalue weighted by Gasteiger charge is -2.18. The van der Waals surface area contributed by atoms with Crippen molar-refractivity contribution < 1.29 is 9.53 Å². The number of aromatic nitrogens is 1. The minimum absolute atomic E-state index is 0.139. The average molecular weight is 311 g/mol. The molecule has 0 bridgehead atoms. The summed E-state index contributed by atoms with van der Waals surface area (Å²) in [6.07, 6.45) is 2.55. The molecule has 0 saturated heterocycles. The highest BCUT2D eigenvalue weighted by atomic mass is 35.5. The maximum absolute atomic E-state index is 12.1. The summed E-state index contributed by atoms with van der Waals surface area (Å²) < 4.78 is 5.49. The summed E-state index contributed by atoms with van der Waals surface area (Å²) in [6, 6.07) is 3.39. The van der Waals surface area contributed by atoms with Gasteiger partial charge in [-0.2, -0.15) is 0 Å². The highest BCUT2D eigenvalue weighted by Gasteiger charge is 2.21. The fourth-order valence-electron chi connectivity index (χ4n) is 1.89. The van der Waals surface area contributed by atoms with Gasteiger partial charge in [-0.3, -0.25) is 4.79 Å². The van der Waals surface area contributed by atoms with Gasteiger partial charge in [-0.15, -0.1) is 0 Å². The SMILES string of the molecule is CC(C)(C)c1cc(C(=O)NCCOCC2CC2)cc(Cl)n1. The number of nitrogens with one attached hydrogen (secondary N) is 1. The number of carbonyl (C=O) groups excluding carboxylic acids is 1. The number of pyridine rings is 1. The van der Waals surface area contributed by atoms with E-state index in [9.17, 15) is 4.79 Å². The first-order valence-corrected chi connectivity index (χ1v) is 7.78. The lowest BCUT2D eigenvalue weighted by Crippen LogP contribution is -2.28. The molecule has 4 nitrogen and oxygen atoms in total. The molecule has 1 N–H and O–H groups in total. The second kappa shape index (κ2) is 6.75. The molecule has 21 heavy (non-hydrogen) atoms. The number of nitrogens with zero attached hydrogens (tertiary/aromatic N) is 1. The van der Waals surface area contributed by atoms with Crippen LogP contribution in [0, 0.1) is 5.92 Å². The molecule has 1 aliphatic carbocycles. The Hall–Kier alpha value is -1.13. The smallest absolute Gasteiger partial charge is 0.251 e. The van der Waals surface area contributed by atoms with Crippen molar-refractivity contribution in [1.29, 1.82) is 0 Å². The van der Waals surface area contributed by atoms with Crippen LogP contribution >= 0.6 is 11.6 Å². The number of ether oxygens (including phenoxy) is 1. The van der Waals surface area contributed by atoms with Crippen LogP contribution in [0.25, 0.3) is 0 Å². The molecule has 0 aliphatic heterocycles. The topological polar surface area (TPSA) is 51.2 Å². The van der Waals surface area contributed by atoms with E-state index >= 15 is 0 Å². The summed E-state index contributed by atoms with van der Waals surface area (Å²) in [5, 5.41) is 3.19. The van der Waals surface area contributed by atoms with Crippen molar-refractivity contribution in [2.24, 2.45) is 5.92 Å². The van der Waals surface area contributed by atoms with Crippen molar-refractivity contribution in [3.05, 3.63) is 28.5 Å². The van der Waals surface area contributed by atoms with Gasteiger partial charge in [-0.05, 0) is 30.9 Å². The highest BCUT2D eigenvalue weighted by molar-refractivity contribution is 6.29. The Morgan fingerprint density at radius 3 is 2.76 bits per heavy atom. The van der Waals surface area contributed by atoms with Crippen LogP contribution in [0.5, 0.6) is 0 Å². The third-order valence-electron chi connectivity index (χ3n) is 3.41. The Kier molecular flexibility index (Phi) is 5.22. The van der Waals surface area contributed by atoms with Crippen molar-refractivity contribution in [3.63, 3.8) is 0 Å². The second-order valence-corrected chi connectivity index (χ2v) is 6.98. The van der Waals surface area contributed by atoms with E-state index in [-0.39, 0.29) is 11.3 Å². The van der Waals surface area contributed by atoms with Gasteiger partial charge in [0.15, 0.2) is 0 Å². The van der Waals surface area contributed by atoms with Gasteiger partial charge in [0.1, 0.15) is 5.15 Å². The van der Waals surface area contributed by atoms with Crippen molar-refractivity contribution >= 4 is 17.5 Å². The van der Waals surface area contributed by atoms with Gasteiger partial charge in [-0.25, -0.2) is 4.98 Å². The molecule has 5 heteroatoms. The third-order valence-corrected chi connectivity index (χ3v) is 3.60. The molecule has 1 saturated carbocycles. The zero-order valence-corrected chi connectivity index (χ0v) is 13.7. The zero-order valence-electron chi connectivity index (χ0n) is 12.9. The number of halogens is 1. The molecule has 1 aromatic heterocycles. The highest BCUT2D eigenvalue weighted by Crippen LogP contribution is 2.28. The van der Waals surface area contributed by atoms with Gasteiger partial charge in [0, 0.05) is 29.8 Å². The summed E-state index contributed by atoms with van der Waals surface area (Å²) in [7, 11) is 0. The Bertz CT molecular complexity index is 507. The Morgan fingerprint density at radius 2 is 2.14 bits per heavy atom. The Labute approximate surface area is 131 Å². The van der Waals surface area contributed by atoms with E-state index in [2.05, 4.69) is 10.3 Å². The summed E-state index contributed by atoms with van der Waals surface area (Å²) in [5.41, 5.74) is 1.21. The molecule has 1 aliphatic rings. The van der Waals surface area contributed by atoms with E-state index in [4.69, 9.17) is 16.3 Å². The van der Waals surface area contributed by atoms with Crippen LogP contribution in [-0.4, -0.2) is 30.6 Å². The molecule has 0 aromatic carbocycles. The first-order chi connectivity index (χ1) is 9.86. The van der Waals surface area contributed by atoms with E-state index in [1.165, 1.54) is 12.8 Å². The first-order valence-electron chi connectivity index (χ1n) is 7.40. The molecular formula is C16H23ClN2O2. The van der Waals surface area contributed by atoms with Gasteiger partial charge < -0.3 is 10.1 Å². The van der Waals surface area contributed by atoms with Crippen LogP contribution in [-0.2, 0) is 10.2 Å². The third kappa shape index (κ3) is 5.29. The monoisotopic (exact) mass is 310 g/mol. The van der Waals surface area contributed by atoms with Gasteiger partial charge in [0.05, 0.1) is 6.61 Å². The Balaban J connectivity index is 1.87. The maximum Gasteiger partial charge on any atom is 0.251 e. The molecule has 0 atom stereocenters. The molecule has 1 aromatic rings. The summed E-state index contributed by atoms with van der Waals surface area (Å²) in [4.78, 5) is 16.4. The second-order valence-electron chi connectivity index (χ2n) is 6.59. The van der Waals surface area contributed by atoms with Gasteiger partial charge in [0.2, 0.25) is 0 Å². The molecule has 1 fully saturated rings. The lowest BCUT2D eigenvalue weighted by molar-refractivity contribution is 0.0906. The largest absolute Gasteiger partial charge is 0.379 e. The van der Waals surface area contributed by atoms with Crippen molar-refractivity contribution in [2.75, 3.05) is 19.8 Å². The summed E-state index contributed by atoms with van der Waals surface area (Å²) in [5.74, 6) is 0.605. The van der Waals surface area contributed by atoms with Gasteiger partial charge in [0.25, 0.3) is 5.91 Å². The predicted molar refractivity (Wildman–Crippen MR) is 83.8 cm³/mol. The molecule has 116 valence electrons. The summed E-state index contributed by atoms with van der Waals surface area (Å²) >= 11 is 6.01. The fraction of sp³-hybridized carbons (Fsp3) is 0.625. The average Bonchev–Trinajstić information content (AvgIpc) is 3.20. The molecule has 0 spiro atoms. The van der Waals surface area contributed by atoms with Crippen LogP contribution < -0.4 is 5.32 Å². The number of hydrogen-bond donors (Lipinski definition) is 1. The van der Waals surface area contributed by atoms with Crippen molar-refractivity contribution in [1.82, 2.24) is 10.3 Å². The minimum Gasteiger partial charge on any atom is -0.379 e. The Morgan fingerprint density at radius 1 is 1.43 bits per heavy atom. The first kappa shape index (κ1) is 16.2. The number of hydrogen-bond acceptors (Lipinski definition) is 3. The molecule has 1 heterocycles. The molecular weight excluding hydrogens is 288 g/mol. The van der Waals surface area contributed by atoms with E-state index in [1.807, 2.05) is 20.8 Å². The fourth-order valence-corrected chi connectivity index (χ4v) is 2.09. The van der Waals surface area contributed by atoms with Crippen molar-refractivity contribution in [3.8, 4) is 0 Å². The number of rotatable bonds is 6. The molecule has 0 radical (unpaired) electrons. The van der Waals surface area contributed by atoms with E-state index in [0.29, 0.717) is 23.9 Å². The normalized spacial score (nSPS) is 15.0. The number of carbonyl (C=O) groups is 1. The standard InChI is InChI=1S/C16H23ClN2O2/c1-16(2,3)13-8-12(9-14(17)19-13)15(20)18-6-7-21-10-11-4-5-11/h8-9,11H,4-7,10H2,1-3H3,(H,18,20). The van der Waals surface area contributed by atoms with Crippen LogP contribution in [0.15, 0.2) is 12.1 Å². The quantitative estimate of drug-likeness (QED) is 0.648. The molecule has 1 amide bonds. The zero-order chi connectivity index (χ0) is 15.5. The summed E-state index contributed by atoms with van der Waals surface area (Å²) in [6.45, 7) is 7.99. The lowest BCUT2D eigenvalue weighted by atomic mass is 9.91. The number of amides is 1. The van der Waals surface area contributed by atoms with E-state index in [1.54, 1.807) is 12.1 Å². The van der Waals surface area contributed by atoms with Crippen molar-refractivity contribution in [2.45, 2.75) is 39.0 Å². The van der Waals surface area contributed by atoms with Crippen LogP contribution in [0.2, 0.25) is 5.15 Å². The van der Waals surface area contributed by atoms with Crippen LogP contribution in [0.4, 0.5) is 0 Å². The van der Waals surface area contributed by atoms with E-state index in [0.717, 1.165) is 18.2 Å². The minimum atomic E-state index is -0.146. The molecule has 2 rings (SSSR count). The van der Waals surface area contributed by atoms with Gasteiger partial charge in [-0.1, -0.05) is 32.4 Å². The maximum atomic E-state index is 12.1. The van der Waals surface area contributed by atoms with Crippen LogP contribution in [0.1, 0.15) is 49.7 Å². The van der Waals surface area contributed by atoms with Gasteiger partial charge >= 0.3 is 0 Å². The predicted octanol–water partition coefficient (Wildman–Crippen LogP) is 3.19.